The van der Waals surface area contributed by atoms with Gasteiger partial charge in [0, 0.05) is 18.1 Å². The molecule has 0 spiro atoms. The highest BCUT2D eigenvalue weighted by atomic mass is 35.5. The summed E-state index contributed by atoms with van der Waals surface area (Å²) in [6.07, 6.45) is 0.321. The van der Waals surface area contributed by atoms with E-state index >= 15 is 0 Å². The Morgan fingerprint density at radius 3 is 2.94 bits per heavy atom. The minimum absolute atomic E-state index is 0.0545. The lowest BCUT2D eigenvalue weighted by atomic mass is 10.2. The molecule has 94 valence electrons. The highest BCUT2D eigenvalue weighted by Crippen LogP contribution is 2.20. The highest BCUT2D eigenvalue weighted by molar-refractivity contribution is 6.31. The van der Waals surface area contributed by atoms with Crippen molar-refractivity contribution in [3.63, 3.8) is 0 Å². The lowest BCUT2D eigenvalue weighted by Crippen LogP contribution is -2.29. The summed E-state index contributed by atoms with van der Waals surface area (Å²) in [7, 11) is 0. The van der Waals surface area contributed by atoms with E-state index in [-0.39, 0.29) is 5.91 Å². The molecule has 0 heterocycles. The van der Waals surface area contributed by atoms with Gasteiger partial charge in [0.25, 0.3) is 0 Å². The molecule has 0 bridgehead atoms. The van der Waals surface area contributed by atoms with Gasteiger partial charge in [-0.2, -0.15) is 0 Å². The highest BCUT2D eigenvalue weighted by Gasteiger charge is 2.02. The third kappa shape index (κ3) is 5.06. The number of aryl methyl sites for hydroxylation is 1. The van der Waals surface area contributed by atoms with Crippen molar-refractivity contribution in [1.29, 1.82) is 0 Å². The summed E-state index contributed by atoms with van der Waals surface area (Å²) >= 11 is 5.89. The van der Waals surface area contributed by atoms with Crippen LogP contribution in [0.2, 0.25) is 5.02 Å². The lowest BCUT2D eigenvalue weighted by molar-refractivity contribution is -0.121. The zero-order valence-corrected chi connectivity index (χ0v) is 10.6. The van der Waals surface area contributed by atoms with Crippen LogP contribution in [0.5, 0.6) is 5.75 Å². The van der Waals surface area contributed by atoms with Crippen LogP contribution in [0.25, 0.3) is 0 Å². The van der Waals surface area contributed by atoms with Crippen molar-refractivity contribution in [3.8, 4) is 5.75 Å². The number of amides is 1. The SMILES string of the molecule is Cc1cc(OCCC(=O)NCCN)ccc1Cl. The summed E-state index contributed by atoms with van der Waals surface area (Å²) in [6.45, 7) is 3.20. The second kappa shape index (κ2) is 7.14. The van der Waals surface area contributed by atoms with E-state index in [1.54, 1.807) is 12.1 Å². The fraction of sp³-hybridized carbons (Fsp3) is 0.417. The monoisotopic (exact) mass is 256 g/mol. The third-order valence-electron chi connectivity index (χ3n) is 2.19. The molecule has 0 aliphatic carbocycles. The predicted molar refractivity (Wildman–Crippen MR) is 68.4 cm³/mol. The molecule has 1 rings (SSSR count). The molecular weight excluding hydrogens is 240 g/mol. The quantitative estimate of drug-likeness (QED) is 0.811. The Hall–Kier alpha value is -1.26. The predicted octanol–water partition coefficient (Wildman–Crippen LogP) is 1.49. The van der Waals surface area contributed by atoms with Gasteiger partial charge in [-0.05, 0) is 30.7 Å². The fourth-order valence-electron chi connectivity index (χ4n) is 1.27. The number of nitrogens with one attached hydrogen (secondary N) is 1. The molecule has 1 aromatic rings. The van der Waals surface area contributed by atoms with Crippen LogP contribution >= 0.6 is 11.6 Å². The van der Waals surface area contributed by atoms with Crippen molar-refractivity contribution in [2.24, 2.45) is 5.73 Å². The molecule has 0 atom stereocenters. The number of rotatable bonds is 6. The van der Waals surface area contributed by atoms with Crippen LogP contribution in [0, 0.1) is 6.92 Å². The molecular formula is C12H17ClN2O2. The Kier molecular flexibility index (Phi) is 5.80. The summed E-state index contributed by atoms with van der Waals surface area (Å²) in [5.74, 6) is 0.666. The third-order valence-corrected chi connectivity index (χ3v) is 2.62. The topological polar surface area (TPSA) is 64.3 Å². The molecule has 0 aliphatic heterocycles. The first kappa shape index (κ1) is 13.8. The van der Waals surface area contributed by atoms with Crippen LogP contribution in [0.1, 0.15) is 12.0 Å². The van der Waals surface area contributed by atoms with Gasteiger partial charge in [-0.15, -0.1) is 0 Å². The average molecular weight is 257 g/mol. The maximum atomic E-state index is 11.2. The van der Waals surface area contributed by atoms with Crippen LogP contribution in [0.4, 0.5) is 0 Å². The Balaban J connectivity index is 2.30. The maximum Gasteiger partial charge on any atom is 0.223 e. The van der Waals surface area contributed by atoms with E-state index in [0.29, 0.717) is 31.1 Å². The van der Waals surface area contributed by atoms with E-state index in [1.165, 1.54) is 0 Å². The van der Waals surface area contributed by atoms with Crippen LogP contribution in [-0.4, -0.2) is 25.6 Å². The van der Waals surface area contributed by atoms with Gasteiger partial charge in [0.1, 0.15) is 5.75 Å². The van der Waals surface area contributed by atoms with Gasteiger partial charge in [-0.3, -0.25) is 4.79 Å². The van der Waals surface area contributed by atoms with Crippen LogP contribution in [0.15, 0.2) is 18.2 Å². The zero-order chi connectivity index (χ0) is 12.7. The Morgan fingerprint density at radius 2 is 2.29 bits per heavy atom. The van der Waals surface area contributed by atoms with Crippen molar-refractivity contribution in [2.45, 2.75) is 13.3 Å². The number of ether oxygens (including phenoxy) is 1. The number of hydrogen-bond acceptors (Lipinski definition) is 3. The van der Waals surface area contributed by atoms with Crippen molar-refractivity contribution < 1.29 is 9.53 Å². The molecule has 4 nitrogen and oxygen atoms in total. The first-order valence-corrected chi connectivity index (χ1v) is 5.87. The van der Waals surface area contributed by atoms with E-state index in [1.807, 2.05) is 13.0 Å². The number of carbonyl (C=O) groups excluding carboxylic acids is 1. The largest absolute Gasteiger partial charge is 0.493 e. The van der Waals surface area contributed by atoms with Crippen molar-refractivity contribution in [3.05, 3.63) is 28.8 Å². The van der Waals surface area contributed by atoms with Crippen LogP contribution < -0.4 is 15.8 Å². The smallest absolute Gasteiger partial charge is 0.223 e. The zero-order valence-electron chi connectivity index (χ0n) is 9.83. The van der Waals surface area contributed by atoms with E-state index in [2.05, 4.69) is 5.32 Å². The number of hydrogen-bond donors (Lipinski definition) is 2. The molecule has 3 N–H and O–H groups in total. The van der Waals surface area contributed by atoms with Gasteiger partial charge in [-0.1, -0.05) is 11.6 Å². The van der Waals surface area contributed by atoms with E-state index in [9.17, 15) is 4.79 Å². The number of carbonyl (C=O) groups is 1. The molecule has 0 unspecified atom stereocenters. The first-order chi connectivity index (χ1) is 8.13. The Labute approximate surface area is 106 Å². The fourth-order valence-corrected chi connectivity index (χ4v) is 1.39. The second-order valence-corrected chi connectivity index (χ2v) is 4.06. The van der Waals surface area contributed by atoms with Gasteiger partial charge in [0.05, 0.1) is 13.0 Å². The van der Waals surface area contributed by atoms with Gasteiger partial charge in [0.2, 0.25) is 5.91 Å². The molecule has 1 amide bonds. The number of nitrogens with two attached hydrogens (primary N) is 1. The minimum Gasteiger partial charge on any atom is -0.493 e. The summed E-state index contributed by atoms with van der Waals surface area (Å²) < 4.78 is 5.44. The number of benzene rings is 1. The van der Waals surface area contributed by atoms with Crippen molar-refractivity contribution in [2.75, 3.05) is 19.7 Å². The number of halogens is 1. The summed E-state index contributed by atoms with van der Waals surface area (Å²) in [6, 6.07) is 5.41. The van der Waals surface area contributed by atoms with Crippen molar-refractivity contribution >= 4 is 17.5 Å². The van der Waals surface area contributed by atoms with E-state index in [4.69, 9.17) is 22.1 Å². The summed E-state index contributed by atoms with van der Waals surface area (Å²) in [4.78, 5) is 11.2. The Morgan fingerprint density at radius 1 is 1.53 bits per heavy atom. The van der Waals surface area contributed by atoms with E-state index in [0.717, 1.165) is 11.3 Å². The van der Waals surface area contributed by atoms with Gasteiger partial charge >= 0.3 is 0 Å². The normalized spacial score (nSPS) is 10.1. The molecule has 5 heteroatoms. The molecule has 0 radical (unpaired) electrons. The molecule has 17 heavy (non-hydrogen) atoms. The summed E-state index contributed by atoms with van der Waals surface area (Å²) in [5.41, 5.74) is 6.22. The minimum atomic E-state index is -0.0545. The van der Waals surface area contributed by atoms with Crippen molar-refractivity contribution in [1.82, 2.24) is 5.32 Å². The Bertz CT molecular complexity index is 383. The van der Waals surface area contributed by atoms with E-state index < -0.39 is 0 Å². The second-order valence-electron chi connectivity index (χ2n) is 3.65. The average Bonchev–Trinajstić information content (AvgIpc) is 2.31. The molecule has 0 saturated carbocycles. The molecule has 0 saturated heterocycles. The summed E-state index contributed by atoms with van der Waals surface area (Å²) in [5, 5.41) is 3.38. The maximum absolute atomic E-state index is 11.2. The van der Waals surface area contributed by atoms with Gasteiger partial charge in [0.15, 0.2) is 0 Å². The van der Waals surface area contributed by atoms with Gasteiger partial charge < -0.3 is 15.8 Å². The van der Waals surface area contributed by atoms with Gasteiger partial charge in [-0.25, -0.2) is 0 Å². The molecule has 0 fully saturated rings. The lowest BCUT2D eigenvalue weighted by Gasteiger charge is -2.07. The van der Waals surface area contributed by atoms with Crippen LogP contribution in [0.3, 0.4) is 0 Å². The van der Waals surface area contributed by atoms with Crippen LogP contribution in [-0.2, 0) is 4.79 Å². The molecule has 1 aromatic carbocycles. The standard InChI is InChI=1S/C12H17ClN2O2/c1-9-8-10(2-3-11(9)13)17-7-4-12(16)15-6-5-14/h2-3,8H,4-7,14H2,1H3,(H,15,16). The molecule has 0 aliphatic rings. The molecule has 0 aromatic heterocycles. The first-order valence-electron chi connectivity index (χ1n) is 5.49.